The highest BCUT2D eigenvalue weighted by molar-refractivity contribution is 5.97. The molecule has 0 heterocycles. The Morgan fingerprint density at radius 2 is 1.70 bits per heavy atom. The van der Waals surface area contributed by atoms with E-state index in [4.69, 9.17) is 9.47 Å². The summed E-state index contributed by atoms with van der Waals surface area (Å²) in [6, 6.07) is 3.83. The fourth-order valence-electron chi connectivity index (χ4n) is 2.10. The highest BCUT2D eigenvalue weighted by atomic mass is 16.5. The standard InChI is InChI=1S/C16H25NO3/c1-7-19-14-11(3)9-13(10-12(14)4)17-15(18)16(5,6)20-8-2/h9-10H,7-8H2,1-6H3,(H,17,18). The van der Waals surface area contributed by atoms with Gasteiger partial charge in [-0.05, 0) is 64.8 Å². The van der Waals surface area contributed by atoms with Gasteiger partial charge in [0.15, 0.2) is 0 Å². The van der Waals surface area contributed by atoms with Gasteiger partial charge in [-0.1, -0.05) is 0 Å². The summed E-state index contributed by atoms with van der Waals surface area (Å²) >= 11 is 0. The lowest BCUT2D eigenvalue weighted by molar-refractivity contribution is -0.136. The van der Waals surface area contributed by atoms with Crippen molar-refractivity contribution in [1.82, 2.24) is 0 Å². The molecule has 4 nitrogen and oxygen atoms in total. The number of rotatable bonds is 6. The molecule has 0 spiro atoms. The van der Waals surface area contributed by atoms with Crippen molar-refractivity contribution in [2.45, 2.75) is 47.1 Å². The zero-order chi connectivity index (χ0) is 15.3. The molecule has 0 radical (unpaired) electrons. The highest BCUT2D eigenvalue weighted by Gasteiger charge is 2.28. The second-order valence-corrected chi connectivity index (χ2v) is 5.27. The summed E-state index contributed by atoms with van der Waals surface area (Å²) in [4.78, 5) is 12.2. The zero-order valence-electron chi connectivity index (χ0n) is 13.3. The van der Waals surface area contributed by atoms with E-state index >= 15 is 0 Å². The Kier molecular flexibility index (Phi) is 5.57. The summed E-state index contributed by atoms with van der Waals surface area (Å²) in [6.45, 7) is 12.4. The second-order valence-electron chi connectivity index (χ2n) is 5.27. The van der Waals surface area contributed by atoms with Crippen LogP contribution in [0.2, 0.25) is 0 Å². The van der Waals surface area contributed by atoms with Gasteiger partial charge in [0.05, 0.1) is 6.61 Å². The Bertz CT molecular complexity index is 458. The quantitative estimate of drug-likeness (QED) is 0.867. The number of hydrogen-bond donors (Lipinski definition) is 1. The summed E-state index contributed by atoms with van der Waals surface area (Å²) < 4.78 is 11.0. The maximum Gasteiger partial charge on any atom is 0.256 e. The molecule has 0 atom stereocenters. The van der Waals surface area contributed by atoms with Gasteiger partial charge in [0.25, 0.3) is 5.91 Å². The van der Waals surface area contributed by atoms with E-state index in [2.05, 4.69) is 5.32 Å². The number of nitrogens with one attached hydrogen (secondary N) is 1. The monoisotopic (exact) mass is 279 g/mol. The lowest BCUT2D eigenvalue weighted by Gasteiger charge is -2.24. The Labute approximate surface area is 121 Å². The van der Waals surface area contributed by atoms with Gasteiger partial charge in [-0.15, -0.1) is 0 Å². The molecule has 0 aliphatic carbocycles. The predicted molar refractivity (Wildman–Crippen MR) is 81.4 cm³/mol. The van der Waals surface area contributed by atoms with E-state index in [1.807, 2.05) is 39.8 Å². The SMILES string of the molecule is CCOc1c(C)cc(NC(=O)C(C)(C)OCC)cc1C. The molecule has 1 aromatic rings. The predicted octanol–water partition coefficient (Wildman–Crippen LogP) is 3.46. The van der Waals surface area contributed by atoms with Crippen LogP contribution in [-0.4, -0.2) is 24.7 Å². The van der Waals surface area contributed by atoms with Crippen LogP contribution in [0.15, 0.2) is 12.1 Å². The third kappa shape index (κ3) is 3.97. The molecule has 20 heavy (non-hydrogen) atoms. The van der Waals surface area contributed by atoms with E-state index in [1.54, 1.807) is 13.8 Å². The third-order valence-corrected chi connectivity index (χ3v) is 3.06. The van der Waals surface area contributed by atoms with Crippen LogP contribution in [0.5, 0.6) is 5.75 Å². The average Bonchev–Trinajstić information content (AvgIpc) is 2.33. The number of ether oxygens (including phenoxy) is 2. The van der Waals surface area contributed by atoms with Gasteiger partial charge in [0, 0.05) is 12.3 Å². The highest BCUT2D eigenvalue weighted by Crippen LogP contribution is 2.27. The number of aryl methyl sites for hydroxylation is 2. The Hall–Kier alpha value is -1.55. The van der Waals surface area contributed by atoms with Crippen molar-refractivity contribution in [3.05, 3.63) is 23.3 Å². The first-order chi connectivity index (χ1) is 9.31. The van der Waals surface area contributed by atoms with Crippen molar-refractivity contribution < 1.29 is 14.3 Å². The number of carbonyl (C=O) groups is 1. The Morgan fingerprint density at radius 3 is 2.15 bits per heavy atom. The minimum absolute atomic E-state index is 0.151. The number of hydrogen-bond acceptors (Lipinski definition) is 3. The molecule has 0 saturated heterocycles. The lowest BCUT2D eigenvalue weighted by Crippen LogP contribution is -2.39. The molecule has 0 fully saturated rings. The summed E-state index contributed by atoms with van der Waals surface area (Å²) in [7, 11) is 0. The van der Waals surface area contributed by atoms with Crippen molar-refractivity contribution in [2.24, 2.45) is 0 Å². The fourth-order valence-corrected chi connectivity index (χ4v) is 2.10. The van der Waals surface area contributed by atoms with Crippen molar-refractivity contribution in [2.75, 3.05) is 18.5 Å². The molecule has 4 heteroatoms. The summed E-state index contributed by atoms with van der Waals surface area (Å²) in [5, 5.41) is 2.90. The molecule has 1 aromatic carbocycles. The van der Waals surface area contributed by atoms with E-state index < -0.39 is 5.60 Å². The van der Waals surface area contributed by atoms with Gasteiger partial charge in [0.1, 0.15) is 11.4 Å². The molecule has 1 amide bonds. The fraction of sp³-hybridized carbons (Fsp3) is 0.562. The van der Waals surface area contributed by atoms with Gasteiger partial charge in [0.2, 0.25) is 0 Å². The molecule has 0 aliphatic heterocycles. The molecule has 112 valence electrons. The minimum atomic E-state index is -0.838. The van der Waals surface area contributed by atoms with Crippen LogP contribution in [-0.2, 0) is 9.53 Å². The first-order valence-corrected chi connectivity index (χ1v) is 7.01. The van der Waals surface area contributed by atoms with Crippen molar-refractivity contribution >= 4 is 11.6 Å². The molecular weight excluding hydrogens is 254 g/mol. The van der Waals surface area contributed by atoms with E-state index in [-0.39, 0.29) is 5.91 Å². The summed E-state index contributed by atoms with van der Waals surface area (Å²) in [5.74, 6) is 0.733. The van der Waals surface area contributed by atoms with Gasteiger partial charge in [-0.2, -0.15) is 0 Å². The molecule has 0 saturated carbocycles. The van der Waals surface area contributed by atoms with Crippen LogP contribution in [0.3, 0.4) is 0 Å². The molecule has 0 aliphatic rings. The summed E-state index contributed by atoms with van der Waals surface area (Å²) in [5.41, 5.74) is 1.95. The number of anilines is 1. The largest absolute Gasteiger partial charge is 0.493 e. The van der Waals surface area contributed by atoms with E-state index in [0.29, 0.717) is 13.2 Å². The first-order valence-electron chi connectivity index (χ1n) is 7.01. The van der Waals surface area contributed by atoms with Crippen molar-refractivity contribution in [1.29, 1.82) is 0 Å². The average molecular weight is 279 g/mol. The van der Waals surface area contributed by atoms with Gasteiger partial charge < -0.3 is 14.8 Å². The Balaban J connectivity index is 2.92. The lowest BCUT2D eigenvalue weighted by atomic mass is 10.1. The summed E-state index contributed by atoms with van der Waals surface area (Å²) in [6.07, 6.45) is 0. The van der Waals surface area contributed by atoms with Gasteiger partial charge in [-0.3, -0.25) is 4.79 Å². The van der Waals surface area contributed by atoms with Crippen LogP contribution in [0, 0.1) is 13.8 Å². The molecule has 0 bridgehead atoms. The van der Waals surface area contributed by atoms with E-state index in [0.717, 1.165) is 22.6 Å². The van der Waals surface area contributed by atoms with Gasteiger partial charge in [-0.25, -0.2) is 0 Å². The third-order valence-electron chi connectivity index (χ3n) is 3.06. The molecule has 1 N–H and O–H groups in total. The van der Waals surface area contributed by atoms with Crippen LogP contribution >= 0.6 is 0 Å². The molecular formula is C16H25NO3. The smallest absolute Gasteiger partial charge is 0.256 e. The van der Waals surface area contributed by atoms with Crippen LogP contribution in [0.25, 0.3) is 0 Å². The van der Waals surface area contributed by atoms with Crippen molar-refractivity contribution in [3.8, 4) is 5.75 Å². The van der Waals surface area contributed by atoms with Crippen LogP contribution < -0.4 is 10.1 Å². The van der Waals surface area contributed by atoms with E-state index in [1.165, 1.54) is 0 Å². The normalized spacial score (nSPS) is 11.3. The Morgan fingerprint density at radius 1 is 1.15 bits per heavy atom. The van der Waals surface area contributed by atoms with Crippen LogP contribution in [0.1, 0.15) is 38.8 Å². The second kappa shape index (κ2) is 6.75. The molecule has 0 unspecified atom stereocenters. The van der Waals surface area contributed by atoms with Gasteiger partial charge >= 0.3 is 0 Å². The van der Waals surface area contributed by atoms with E-state index in [9.17, 15) is 4.79 Å². The zero-order valence-corrected chi connectivity index (χ0v) is 13.3. The number of benzene rings is 1. The van der Waals surface area contributed by atoms with Crippen LogP contribution in [0.4, 0.5) is 5.69 Å². The number of carbonyl (C=O) groups excluding carboxylic acids is 1. The first kappa shape index (κ1) is 16.5. The topological polar surface area (TPSA) is 47.6 Å². The maximum atomic E-state index is 12.2. The molecule has 0 aromatic heterocycles. The number of amides is 1. The van der Waals surface area contributed by atoms with Crippen molar-refractivity contribution in [3.63, 3.8) is 0 Å². The maximum absolute atomic E-state index is 12.2. The molecule has 1 rings (SSSR count). The minimum Gasteiger partial charge on any atom is -0.493 e.